The minimum Gasteiger partial charge on any atom is -0.316 e. The lowest BCUT2D eigenvalue weighted by Gasteiger charge is -2.24. The monoisotopic (exact) mass is 199 g/mol. The van der Waals surface area contributed by atoms with Crippen LogP contribution in [0.1, 0.15) is 53.4 Å². The van der Waals surface area contributed by atoms with E-state index in [9.17, 15) is 4.79 Å². The highest BCUT2D eigenvalue weighted by molar-refractivity contribution is 5.75. The van der Waals surface area contributed by atoms with Crippen molar-refractivity contribution in [2.24, 2.45) is 5.41 Å². The smallest absolute Gasteiger partial charge is 0.129 e. The molecule has 0 saturated heterocycles. The summed E-state index contributed by atoms with van der Waals surface area (Å²) in [4.78, 5) is 10.7. The number of Topliss-reactive ketones (excluding diaryl/α,β-unsaturated/α-hetero) is 1. The summed E-state index contributed by atoms with van der Waals surface area (Å²) in [6.07, 6.45) is 4.17. The molecule has 0 radical (unpaired) electrons. The molecule has 0 fully saturated rings. The molecule has 0 aromatic heterocycles. The SMILES string of the molecule is CCCC(C)(C)CNCCCC(C)=O. The normalized spacial score (nSPS) is 11.7. The maximum absolute atomic E-state index is 10.7. The van der Waals surface area contributed by atoms with E-state index in [-0.39, 0.29) is 0 Å². The lowest BCUT2D eigenvalue weighted by molar-refractivity contribution is -0.117. The standard InChI is InChI=1S/C12H25NO/c1-5-8-12(3,4)10-13-9-6-7-11(2)14/h13H,5-10H2,1-4H3. The lowest BCUT2D eigenvalue weighted by atomic mass is 9.88. The quantitative estimate of drug-likeness (QED) is 0.609. The Hall–Kier alpha value is -0.370. The largest absolute Gasteiger partial charge is 0.316 e. The van der Waals surface area contributed by atoms with Gasteiger partial charge in [0.15, 0.2) is 0 Å². The zero-order valence-electron chi connectivity index (χ0n) is 10.2. The molecule has 0 aliphatic carbocycles. The first-order valence-corrected chi connectivity index (χ1v) is 5.68. The van der Waals surface area contributed by atoms with Gasteiger partial charge in [-0.3, -0.25) is 0 Å². The first kappa shape index (κ1) is 13.6. The third-order valence-corrected chi connectivity index (χ3v) is 2.41. The van der Waals surface area contributed by atoms with Crippen LogP contribution in [0.2, 0.25) is 0 Å². The molecule has 0 aromatic carbocycles. The van der Waals surface area contributed by atoms with E-state index < -0.39 is 0 Å². The molecule has 0 unspecified atom stereocenters. The first-order valence-electron chi connectivity index (χ1n) is 5.68. The van der Waals surface area contributed by atoms with E-state index in [1.165, 1.54) is 12.8 Å². The zero-order chi connectivity index (χ0) is 11.0. The van der Waals surface area contributed by atoms with Crippen LogP contribution >= 0.6 is 0 Å². The van der Waals surface area contributed by atoms with Gasteiger partial charge in [-0.1, -0.05) is 27.2 Å². The van der Waals surface area contributed by atoms with Crippen molar-refractivity contribution in [1.82, 2.24) is 5.32 Å². The van der Waals surface area contributed by atoms with Crippen LogP contribution in [0.25, 0.3) is 0 Å². The van der Waals surface area contributed by atoms with E-state index >= 15 is 0 Å². The van der Waals surface area contributed by atoms with Crippen LogP contribution in [0.4, 0.5) is 0 Å². The summed E-state index contributed by atoms with van der Waals surface area (Å²) in [5.41, 5.74) is 0.394. The number of ketones is 1. The van der Waals surface area contributed by atoms with Crippen LogP contribution in [0.3, 0.4) is 0 Å². The summed E-state index contributed by atoms with van der Waals surface area (Å²) >= 11 is 0. The molecule has 0 aliphatic heterocycles. The summed E-state index contributed by atoms with van der Waals surface area (Å²) in [5.74, 6) is 0.291. The number of carbonyl (C=O) groups excluding carboxylic acids is 1. The summed E-state index contributed by atoms with van der Waals surface area (Å²) in [5, 5.41) is 3.41. The molecule has 0 aliphatic rings. The molecule has 0 heterocycles. The summed E-state index contributed by atoms with van der Waals surface area (Å²) < 4.78 is 0. The number of hydrogen-bond donors (Lipinski definition) is 1. The lowest BCUT2D eigenvalue weighted by Crippen LogP contribution is -2.30. The van der Waals surface area contributed by atoms with Crippen molar-refractivity contribution in [1.29, 1.82) is 0 Å². The molecule has 2 nitrogen and oxygen atoms in total. The van der Waals surface area contributed by atoms with Gasteiger partial charge in [-0.2, -0.15) is 0 Å². The highest BCUT2D eigenvalue weighted by Gasteiger charge is 2.15. The Morgan fingerprint density at radius 3 is 2.50 bits per heavy atom. The average Bonchev–Trinajstić information content (AvgIpc) is 2.02. The van der Waals surface area contributed by atoms with Crippen LogP contribution in [-0.4, -0.2) is 18.9 Å². The van der Waals surface area contributed by atoms with Gasteiger partial charge >= 0.3 is 0 Å². The van der Waals surface area contributed by atoms with Crippen molar-refractivity contribution in [2.45, 2.75) is 53.4 Å². The van der Waals surface area contributed by atoms with E-state index in [4.69, 9.17) is 0 Å². The van der Waals surface area contributed by atoms with Gasteiger partial charge in [-0.15, -0.1) is 0 Å². The van der Waals surface area contributed by atoms with Crippen LogP contribution < -0.4 is 5.32 Å². The maximum Gasteiger partial charge on any atom is 0.129 e. The fourth-order valence-corrected chi connectivity index (χ4v) is 1.65. The Bertz CT molecular complexity index is 164. The van der Waals surface area contributed by atoms with Gasteiger partial charge < -0.3 is 10.1 Å². The number of carbonyl (C=O) groups is 1. The molecule has 1 N–H and O–H groups in total. The van der Waals surface area contributed by atoms with Crippen LogP contribution in [0, 0.1) is 5.41 Å². The predicted molar refractivity (Wildman–Crippen MR) is 61.5 cm³/mol. The maximum atomic E-state index is 10.7. The number of hydrogen-bond acceptors (Lipinski definition) is 2. The van der Waals surface area contributed by atoms with Crippen LogP contribution in [-0.2, 0) is 4.79 Å². The van der Waals surface area contributed by atoms with E-state index in [1.54, 1.807) is 6.92 Å². The molecule has 0 amide bonds. The molecule has 2 heteroatoms. The summed E-state index contributed by atoms with van der Waals surface area (Å²) in [7, 11) is 0. The topological polar surface area (TPSA) is 29.1 Å². The fraction of sp³-hybridized carbons (Fsp3) is 0.917. The molecule has 0 rings (SSSR count). The first-order chi connectivity index (χ1) is 6.48. The van der Waals surface area contributed by atoms with Gasteiger partial charge in [-0.25, -0.2) is 0 Å². The Balaban J connectivity index is 3.39. The molecule has 84 valence electrons. The minimum absolute atomic E-state index is 0.291. The Labute approximate surface area is 88.5 Å². The third kappa shape index (κ3) is 8.24. The molecule has 0 spiro atoms. The van der Waals surface area contributed by atoms with E-state index in [0.29, 0.717) is 17.6 Å². The van der Waals surface area contributed by atoms with E-state index in [0.717, 1.165) is 19.5 Å². The summed E-state index contributed by atoms with van der Waals surface area (Å²) in [6.45, 7) is 10.5. The van der Waals surface area contributed by atoms with Gasteiger partial charge in [0.1, 0.15) is 5.78 Å². The van der Waals surface area contributed by atoms with Crippen molar-refractivity contribution < 1.29 is 4.79 Å². The molecule has 14 heavy (non-hydrogen) atoms. The van der Waals surface area contributed by atoms with Gasteiger partial charge in [0.05, 0.1) is 0 Å². The molecule has 0 aromatic rings. The van der Waals surface area contributed by atoms with Crippen molar-refractivity contribution in [3.05, 3.63) is 0 Å². The Morgan fingerprint density at radius 2 is 2.00 bits per heavy atom. The van der Waals surface area contributed by atoms with Crippen LogP contribution in [0.5, 0.6) is 0 Å². The zero-order valence-corrected chi connectivity index (χ0v) is 10.2. The average molecular weight is 199 g/mol. The second kappa shape index (κ2) is 6.99. The van der Waals surface area contributed by atoms with Gasteiger partial charge in [0.2, 0.25) is 0 Å². The molecule has 0 saturated carbocycles. The minimum atomic E-state index is 0.291. The Morgan fingerprint density at radius 1 is 1.36 bits per heavy atom. The fourth-order valence-electron chi connectivity index (χ4n) is 1.65. The highest BCUT2D eigenvalue weighted by atomic mass is 16.1. The predicted octanol–water partition coefficient (Wildman–Crippen LogP) is 2.77. The number of nitrogens with one attached hydrogen (secondary N) is 1. The van der Waals surface area contributed by atoms with E-state index in [1.807, 2.05) is 0 Å². The molecular formula is C12H25NO. The third-order valence-electron chi connectivity index (χ3n) is 2.41. The van der Waals surface area contributed by atoms with Gasteiger partial charge in [0, 0.05) is 13.0 Å². The van der Waals surface area contributed by atoms with Crippen LogP contribution in [0.15, 0.2) is 0 Å². The second-order valence-electron chi connectivity index (χ2n) is 4.90. The van der Waals surface area contributed by atoms with Crippen molar-refractivity contribution in [2.75, 3.05) is 13.1 Å². The highest BCUT2D eigenvalue weighted by Crippen LogP contribution is 2.20. The molecular weight excluding hydrogens is 174 g/mol. The van der Waals surface area contributed by atoms with Crippen molar-refractivity contribution in [3.63, 3.8) is 0 Å². The van der Waals surface area contributed by atoms with E-state index in [2.05, 4.69) is 26.1 Å². The Kier molecular flexibility index (Phi) is 6.81. The van der Waals surface area contributed by atoms with Gasteiger partial charge in [0.25, 0.3) is 0 Å². The summed E-state index contributed by atoms with van der Waals surface area (Å²) in [6, 6.07) is 0. The van der Waals surface area contributed by atoms with Crippen molar-refractivity contribution in [3.8, 4) is 0 Å². The second-order valence-corrected chi connectivity index (χ2v) is 4.90. The number of rotatable bonds is 8. The molecule has 0 atom stereocenters. The van der Waals surface area contributed by atoms with Gasteiger partial charge in [-0.05, 0) is 31.7 Å². The van der Waals surface area contributed by atoms with Crippen molar-refractivity contribution >= 4 is 5.78 Å². The molecule has 0 bridgehead atoms.